The Morgan fingerprint density at radius 2 is 1.32 bits per heavy atom. The van der Waals surface area contributed by atoms with Gasteiger partial charge < -0.3 is 19.5 Å². The van der Waals surface area contributed by atoms with Gasteiger partial charge in [0.25, 0.3) is 0 Å². The second kappa shape index (κ2) is 9.42. The second-order valence-electron chi connectivity index (χ2n) is 5.54. The molecule has 0 saturated heterocycles. The molecule has 0 spiro atoms. The number of urea groups is 1. The number of thioether (sulfide) groups is 2. The Hall–Kier alpha value is -2.07. The molecule has 4 aromatic heterocycles. The Kier molecular flexibility index (Phi) is 6.48. The molecular formula is C19H16N2O3S4. The third-order valence-corrected chi connectivity index (χ3v) is 7.93. The highest BCUT2D eigenvalue weighted by Gasteiger charge is 2.14. The maximum Gasteiger partial charge on any atom is 0.323 e. The van der Waals surface area contributed by atoms with Gasteiger partial charge in [0.05, 0.1) is 43.8 Å². The van der Waals surface area contributed by atoms with E-state index in [-0.39, 0.29) is 6.03 Å². The monoisotopic (exact) mass is 448 g/mol. The fourth-order valence-electron chi connectivity index (χ4n) is 2.37. The molecule has 0 atom stereocenters. The van der Waals surface area contributed by atoms with Crippen LogP contribution in [0.3, 0.4) is 0 Å². The molecule has 4 rings (SSSR count). The number of nitrogens with one attached hydrogen (secondary N) is 2. The Morgan fingerprint density at radius 1 is 0.821 bits per heavy atom. The summed E-state index contributed by atoms with van der Waals surface area (Å²) in [6.07, 6.45) is 3.17. The molecule has 144 valence electrons. The summed E-state index contributed by atoms with van der Waals surface area (Å²) in [4.78, 5) is 12.4. The van der Waals surface area contributed by atoms with Crippen LogP contribution in [0, 0.1) is 0 Å². The third kappa shape index (κ3) is 5.05. The number of rotatable bonds is 8. The van der Waals surface area contributed by atoms with Crippen molar-refractivity contribution in [3.8, 4) is 0 Å². The molecule has 0 unspecified atom stereocenters. The summed E-state index contributed by atoms with van der Waals surface area (Å²) < 4.78 is 13.5. The lowest BCUT2D eigenvalue weighted by Gasteiger charge is -2.07. The normalized spacial score (nSPS) is 10.9. The van der Waals surface area contributed by atoms with Gasteiger partial charge in [-0.25, -0.2) is 4.79 Å². The van der Waals surface area contributed by atoms with Crippen LogP contribution in [-0.2, 0) is 11.5 Å². The molecule has 2 N–H and O–H groups in total. The molecule has 0 aliphatic heterocycles. The van der Waals surface area contributed by atoms with Crippen molar-refractivity contribution >= 4 is 63.6 Å². The second-order valence-corrected chi connectivity index (χ2v) is 9.98. The summed E-state index contributed by atoms with van der Waals surface area (Å²) in [6.45, 7) is 0. The van der Waals surface area contributed by atoms with Gasteiger partial charge in [0.15, 0.2) is 0 Å². The van der Waals surface area contributed by atoms with Crippen molar-refractivity contribution in [1.29, 1.82) is 0 Å². The largest absolute Gasteiger partial charge is 0.466 e. The van der Waals surface area contributed by atoms with Crippen molar-refractivity contribution in [3.63, 3.8) is 0 Å². The van der Waals surface area contributed by atoms with E-state index in [0.29, 0.717) is 22.9 Å². The molecule has 0 aromatic carbocycles. The predicted molar refractivity (Wildman–Crippen MR) is 118 cm³/mol. The van der Waals surface area contributed by atoms with Crippen molar-refractivity contribution < 1.29 is 13.6 Å². The van der Waals surface area contributed by atoms with Gasteiger partial charge in [-0.05, 0) is 22.9 Å². The smallest absolute Gasteiger partial charge is 0.323 e. The quantitative estimate of drug-likeness (QED) is 0.278. The average Bonchev–Trinajstić information content (AvgIpc) is 3.47. The number of carbonyl (C=O) groups is 1. The SMILES string of the molecule is O=C(Nc1ccoc1CSc1cccs1)Nc1ccoc1CSc1cccs1. The van der Waals surface area contributed by atoms with Gasteiger partial charge in [-0.2, -0.15) is 0 Å². The van der Waals surface area contributed by atoms with Crippen LogP contribution in [0.4, 0.5) is 16.2 Å². The predicted octanol–water partition coefficient (Wildman–Crippen LogP) is 7.22. The van der Waals surface area contributed by atoms with Crippen molar-refractivity contribution in [3.05, 3.63) is 71.2 Å². The van der Waals surface area contributed by atoms with Gasteiger partial charge >= 0.3 is 6.03 Å². The Bertz CT molecular complexity index is 926. The van der Waals surface area contributed by atoms with Crippen molar-refractivity contribution in [2.75, 3.05) is 10.6 Å². The Labute approximate surface area is 178 Å². The molecule has 0 saturated carbocycles. The molecule has 9 heteroatoms. The van der Waals surface area contributed by atoms with Gasteiger partial charge in [-0.15, -0.1) is 46.2 Å². The van der Waals surface area contributed by atoms with Crippen molar-refractivity contribution in [2.24, 2.45) is 0 Å². The molecule has 28 heavy (non-hydrogen) atoms. The molecule has 4 aromatic rings. The summed E-state index contributed by atoms with van der Waals surface area (Å²) in [5.41, 5.74) is 1.33. The number of carbonyl (C=O) groups excluding carboxylic acids is 1. The molecule has 0 aliphatic carbocycles. The van der Waals surface area contributed by atoms with E-state index in [0.717, 1.165) is 11.5 Å². The van der Waals surface area contributed by atoms with Gasteiger partial charge in [-0.3, -0.25) is 0 Å². The van der Waals surface area contributed by atoms with E-state index in [1.165, 1.54) is 8.42 Å². The number of hydrogen-bond donors (Lipinski definition) is 2. The molecule has 0 aliphatic rings. The van der Waals surface area contributed by atoms with Crippen LogP contribution in [0.2, 0.25) is 0 Å². The van der Waals surface area contributed by atoms with E-state index in [1.54, 1.807) is 70.9 Å². The summed E-state index contributed by atoms with van der Waals surface area (Å²) in [5.74, 6) is 2.76. The molecule has 0 radical (unpaired) electrons. The molecular weight excluding hydrogens is 432 g/mol. The zero-order chi connectivity index (χ0) is 19.2. The lowest BCUT2D eigenvalue weighted by atomic mass is 10.4. The highest BCUT2D eigenvalue weighted by Crippen LogP contribution is 2.32. The van der Waals surface area contributed by atoms with Gasteiger partial charge in [0.1, 0.15) is 11.5 Å². The fourth-order valence-corrected chi connectivity index (χ4v) is 5.84. The van der Waals surface area contributed by atoms with E-state index in [4.69, 9.17) is 8.83 Å². The van der Waals surface area contributed by atoms with Crippen LogP contribution < -0.4 is 10.6 Å². The summed E-state index contributed by atoms with van der Waals surface area (Å²) >= 11 is 6.72. The molecule has 5 nitrogen and oxygen atoms in total. The highest BCUT2D eigenvalue weighted by atomic mass is 32.2. The van der Waals surface area contributed by atoms with Gasteiger partial charge in [0.2, 0.25) is 0 Å². The van der Waals surface area contributed by atoms with E-state index >= 15 is 0 Å². The minimum atomic E-state index is -0.326. The molecule has 0 fully saturated rings. The van der Waals surface area contributed by atoms with E-state index in [1.807, 2.05) is 22.9 Å². The number of hydrogen-bond acceptors (Lipinski definition) is 7. The first kappa shape index (κ1) is 19.3. The topological polar surface area (TPSA) is 67.4 Å². The Morgan fingerprint density at radius 3 is 1.75 bits per heavy atom. The standard InChI is InChI=1S/C19H16N2O3S4/c22-19(20-13-5-7-23-15(13)11-27-17-3-1-9-25-17)21-14-6-8-24-16(14)12-28-18-4-2-10-26-18/h1-10H,11-12H2,(H2,20,21,22). The summed E-state index contributed by atoms with van der Waals surface area (Å²) in [6, 6.07) is 11.3. The highest BCUT2D eigenvalue weighted by molar-refractivity contribution is 8.00. The zero-order valence-corrected chi connectivity index (χ0v) is 17.8. The van der Waals surface area contributed by atoms with E-state index < -0.39 is 0 Å². The minimum absolute atomic E-state index is 0.326. The fraction of sp³-hybridized carbons (Fsp3) is 0.105. The summed E-state index contributed by atoms with van der Waals surface area (Å²) in [7, 11) is 0. The molecule has 2 amide bonds. The lowest BCUT2D eigenvalue weighted by molar-refractivity contribution is 0.262. The van der Waals surface area contributed by atoms with E-state index in [9.17, 15) is 4.79 Å². The van der Waals surface area contributed by atoms with Crippen LogP contribution in [0.5, 0.6) is 0 Å². The Balaban J connectivity index is 1.33. The minimum Gasteiger partial charge on any atom is -0.466 e. The first-order valence-electron chi connectivity index (χ1n) is 8.31. The average molecular weight is 449 g/mol. The first-order chi connectivity index (χ1) is 13.8. The maximum atomic E-state index is 12.4. The van der Waals surface area contributed by atoms with Crippen LogP contribution in [0.1, 0.15) is 11.5 Å². The molecule has 0 bridgehead atoms. The number of thiophene rings is 2. The van der Waals surface area contributed by atoms with Crippen molar-refractivity contribution in [2.45, 2.75) is 19.9 Å². The third-order valence-electron chi connectivity index (χ3n) is 3.67. The first-order valence-corrected chi connectivity index (χ1v) is 12.0. The van der Waals surface area contributed by atoms with Gasteiger partial charge in [0, 0.05) is 12.1 Å². The lowest BCUT2D eigenvalue weighted by Crippen LogP contribution is -2.20. The zero-order valence-electron chi connectivity index (χ0n) is 14.5. The van der Waals surface area contributed by atoms with E-state index in [2.05, 4.69) is 22.8 Å². The van der Waals surface area contributed by atoms with Crippen molar-refractivity contribution in [1.82, 2.24) is 0 Å². The number of amides is 2. The molecule has 4 heterocycles. The van der Waals surface area contributed by atoms with Gasteiger partial charge in [-0.1, -0.05) is 12.1 Å². The van der Waals surface area contributed by atoms with Crippen LogP contribution >= 0.6 is 46.2 Å². The number of furan rings is 2. The maximum absolute atomic E-state index is 12.4. The van der Waals surface area contributed by atoms with Crippen LogP contribution in [0.25, 0.3) is 0 Å². The van der Waals surface area contributed by atoms with Crippen LogP contribution in [-0.4, -0.2) is 6.03 Å². The summed E-state index contributed by atoms with van der Waals surface area (Å²) in [5, 5.41) is 9.79. The number of anilines is 2. The van der Waals surface area contributed by atoms with Crippen LogP contribution in [0.15, 0.2) is 76.9 Å².